The Hall–Kier alpha value is -3.98. The van der Waals surface area contributed by atoms with Gasteiger partial charge < -0.3 is 35.2 Å². The van der Waals surface area contributed by atoms with Gasteiger partial charge >= 0.3 is 0 Å². The quantitative estimate of drug-likeness (QED) is 0.121. The van der Waals surface area contributed by atoms with E-state index in [9.17, 15) is 30.6 Å². The van der Waals surface area contributed by atoms with Gasteiger partial charge in [-0.3, -0.25) is 0 Å². The zero-order chi connectivity index (χ0) is 23.6. The Labute approximate surface area is 196 Å². The van der Waals surface area contributed by atoms with Crippen LogP contribution >= 0.6 is 15.9 Å². The number of nitrogens with zero attached hydrogens (tertiary/aromatic N) is 1. The topological polar surface area (TPSA) is 126 Å². The molecule has 5 aromatic rings. The van der Waals surface area contributed by atoms with E-state index in [4.69, 9.17) is 7.85 Å². The molecule has 0 atom stereocenters. The standard InChI is InChI=1S/C24H15BBrNO6/c25-15-17-13(19(28)16(26)21(15)30)14-18(22(31)24(33)23(32)20(14)29)27(17)12-8-4-7-11(9-12)10-5-2-1-3-6-10/h1-9,28-33H. The molecule has 1 aromatic heterocycles. The fourth-order valence-corrected chi connectivity index (χ4v) is 4.55. The summed E-state index contributed by atoms with van der Waals surface area (Å²) in [6, 6.07) is 16.6. The van der Waals surface area contributed by atoms with E-state index >= 15 is 0 Å². The summed E-state index contributed by atoms with van der Waals surface area (Å²) in [7, 11) is 6.22. The van der Waals surface area contributed by atoms with Crippen molar-refractivity contribution in [3.63, 3.8) is 0 Å². The SMILES string of the molecule is [B]c1c(O)c(Br)c(O)c2c3c(O)c(O)c(O)c(O)c3n(-c3cccc(-c4ccccc4)c3)c12. The number of aromatic nitrogens is 1. The molecular weight excluding hydrogens is 489 g/mol. The first-order valence-corrected chi connectivity index (χ1v) is 10.5. The second kappa shape index (κ2) is 7.28. The molecule has 0 aliphatic carbocycles. The maximum Gasteiger partial charge on any atom is 0.206 e. The van der Waals surface area contributed by atoms with Crippen LogP contribution in [0.15, 0.2) is 59.1 Å². The number of aromatic hydroxyl groups is 6. The van der Waals surface area contributed by atoms with Crippen molar-refractivity contribution in [2.45, 2.75) is 0 Å². The highest BCUT2D eigenvalue weighted by Crippen LogP contribution is 2.55. The van der Waals surface area contributed by atoms with Gasteiger partial charge in [-0.2, -0.15) is 0 Å². The van der Waals surface area contributed by atoms with Crippen molar-refractivity contribution in [1.82, 2.24) is 4.57 Å². The third-order valence-corrected chi connectivity index (χ3v) is 6.43. The molecule has 0 bridgehead atoms. The van der Waals surface area contributed by atoms with Crippen LogP contribution < -0.4 is 5.46 Å². The van der Waals surface area contributed by atoms with Crippen molar-refractivity contribution < 1.29 is 30.6 Å². The highest BCUT2D eigenvalue weighted by atomic mass is 79.9. The molecule has 162 valence electrons. The van der Waals surface area contributed by atoms with Gasteiger partial charge in [0.05, 0.1) is 16.3 Å². The molecular formula is C24H15BBrNO6. The van der Waals surface area contributed by atoms with E-state index < -0.39 is 34.5 Å². The lowest BCUT2D eigenvalue weighted by Gasteiger charge is -2.14. The molecule has 0 saturated carbocycles. The van der Waals surface area contributed by atoms with Crippen LogP contribution in [-0.2, 0) is 0 Å². The lowest BCUT2D eigenvalue weighted by Crippen LogP contribution is -2.10. The van der Waals surface area contributed by atoms with Crippen LogP contribution in [0.3, 0.4) is 0 Å². The Kier molecular flexibility index (Phi) is 4.61. The van der Waals surface area contributed by atoms with Crippen LogP contribution in [0.4, 0.5) is 0 Å². The van der Waals surface area contributed by atoms with E-state index in [-0.39, 0.29) is 31.7 Å². The van der Waals surface area contributed by atoms with Crippen LogP contribution in [0.5, 0.6) is 34.5 Å². The molecule has 5 rings (SSSR count). The van der Waals surface area contributed by atoms with E-state index in [0.717, 1.165) is 11.1 Å². The van der Waals surface area contributed by atoms with E-state index in [2.05, 4.69) is 15.9 Å². The Bertz CT molecular complexity index is 1520. The number of halogens is 1. The van der Waals surface area contributed by atoms with Crippen molar-refractivity contribution in [3.8, 4) is 51.3 Å². The number of hydrogen-bond donors (Lipinski definition) is 6. The summed E-state index contributed by atoms with van der Waals surface area (Å²) in [5, 5.41) is 62.9. The molecule has 9 heteroatoms. The summed E-state index contributed by atoms with van der Waals surface area (Å²) in [5.41, 5.74) is 1.96. The van der Waals surface area contributed by atoms with Gasteiger partial charge in [0.1, 0.15) is 29.3 Å². The smallest absolute Gasteiger partial charge is 0.206 e. The van der Waals surface area contributed by atoms with Gasteiger partial charge in [-0.1, -0.05) is 42.5 Å². The average Bonchev–Trinajstić information content (AvgIpc) is 3.20. The number of phenolic OH excluding ortho intramolecular Hbond substituents is 6. The first kappa shape index (κ1) is 20.9. The molecule has 0 aliphatic heterocycles. The van der Waals surface area contributed by atoms with Gasteiger partial charge in [0.25, 0.3) is 0 Å². The fraction of sp³-hybridized carbons (Fsp3) is 0. The number of benzene rings is 4. The van der Waals surface area contributed by atoms with Crippen molar-refractivity contribution in [2.24, 2.45) is 0 Å². The van der Waals surface area contributed by atoms with E-state index in [0.29, 0.717) is 5.69 Å². The molecule has 4 aromatic carbocycles. The average molecular weight is 504 g/mol. The van der Waals surface area contributed by atoms with E-state index in [1.165, 1.54) is 4.57 Å². The van der Waals surface area contributed by atoms with Crippen LogP contribution in [0, 0.1) is 0 Å². The Morgan fingerprint density at radius 3 is 1.91 bits per heavy atom. The number of phenols is 6. The van der Waals surface area contributed by atoms with Crippen molar-refractivity contribution in [3.05, 3.63) is 59.1 Å². The molecule has 0 aliphatic rings. The molecule has 0 unspecified atom stereocenters. The van der Waals surface area contributed by atoms with Crippen LogP contribution in [0.25, 0.3) is 38.6 Å². The molecule has 0 spiro atoms. The van der Waals surface area contributed by atoms with Crippen molar-refractivity contribution >= 4 is 51.0 Å². The lowest BCUT2D eigenvalue weighted by atomic mass is 9.91. The number of fused-ring (bicyclic) bond motifs is 3. The Balaban J connectivity index is 2.02. The molecule has 0 amide bonds. The van der Waals surface area contributed by atoms with Gasteiger partial charge in [0.15, 0.2) is 11.5 Å². The first-order chi connectivity index (χ1) is 15.7. The van der Waals surface area contributed by atoms with Crippen LogP contribution in [-0.4, -0.2) is 43.1 Å². The summed E-state index contributed by atoms with van der Waals surface area (Å²) in [5.74, 6) is -4.33. The summed E-state index contributed by atoms with van der Waals surface area (Å²) in [6.45, 7) is 0. The van der Waals surface area contributed by atoms with Crippen molar-refractivity contribution in [1.29, 1.82) is 0 Å². The third-order valence-electron chi connectivity index (χ3n) is 5.68. The summed E-state index contributed by atoms with van der Waals surface area (Å²) in [6.07, 6.45) is 0. The van der Waals surface area contributed by atoms with Crippen molar-refractivity contribution in [2.75, 3.05) is 0 Å². The molecule has 0 fully saturated rings. The molecule has 1 heterocycles. The molecule has 2 radical (unpaired) electrons. The highest BCUT2D eigenvalue weighted by Gasteiger charge is 2.30. The third kappa shape index (κ3) is 2.82. The predicted octanol–water partition coefficient (Wildman–Crippen LogP) is 4.24. The molecule has 7 nitrogen and oxygen atoms in total. The fourth-order valence-electron chi connectivity index (χ4n) is 4.13. The Morgan fingerprint density at radius 1 is 0.606 bits per heavy atom. The second-order valence-corrected chi connectivity index (χ2v) is 8.31. The lowest BCUT2D eigenvalue weighted by molar-refractivity contribution is 0.350. The Morgan fingerprint density at radius 2 is 1.21 bits per heavy atom. The van der Waals surface area contributed by atoms with Gasteiger partial charge in [0, 0.05) is 5.69 Å². The highest BCUT2D eigenvalue weighted by molar-refractivity contribution is 9.10. The summed E-state index contributed by atoms with van der Waals surface area (Å²) >= 11 is 3.08. The number of hydrogen-bond acceptors (Lipinski definition) is 6. The van der Waals surface area contributed by atoms with Gasteiger partial charge in [0.2, 0.25) is 11.5 Å². The molecule has 6 N–H and O–H groups in total. The van der Waals surface area contributed by atoms with Crippen LogP contribution in [0.2, 0.25) is 0 Å². The maximum atomic E-state index is 10.8. The minimum absolute atomic E-state index is 0.0413. The minimum Gasteiger partial charge on any atom is -0.507 e. The monoisotopic (exact) mass is 503 g/mol. The minimum atomic E-state index is -0.959. The van der Waals surface area contributed by atoms with Gasteiger partial charge in [-0.05, 0) is 44.7 Å². The largest absolute Gasteiger partial charge is 0.507 e. The predicted molar refractivity (Wildman–Crippen MR) is 129 cm³/mol. The summed E-state index contributed by atoms with van der Waals surface area (Å²) < 4.78 is 1.27. The van der Waals surface area contributed by atoms with Gasteiger partial charge in [-0.15, -0.1) is 0 Å². The second-order valence-electron chi connectivity index (χ2n) is 7.52. The zero-order valence-electron chi connectivity index (χ0n) is 16.8. The maximum absolute atomic E-state index is 10.8. The van der Waals surface area contributed by atoms with Gasteiger partial charge in [-0.25, -0.2) is 0 Å². The molecule has 33 heavy (non-hydrogen) atoms. The number of rotatable bonds is 2. The summed E-state index contributed by atoms with van der Waals surface area (Å²) in [4.78, 5) is 0. The zero-order valence-corrected chi connectivity index (χ0v) is 18.4. The normalized spacial score (nSPS) is 11.4. The first-order valence-electron chi connectivity index (χ1n) is 9.72. The van der Waals surface area contributed by atoms with E-state index in [1.54, 1.807) is 18.2 Å². The molecule has 0 saturated heterocycles. The van der Waals surface area contributed by atoms with E-state index in [1.807, 2.05) is 36.4 Å². The van der Waals surface area contributed by atoms with Crippen LogP contribution in [0.1, 0.15) is 0 Å².